The Morgan fingerprint density at radius 2 is 1.90 bits per heavy atom. The molecule has 7 nitrogen and oxygen atoms in total. The van der Waals surface area contributed by atoms with Gasteiger partial charge in [0, 0.05) is 24.3 Å². The highest BCUT2D eigenvalue weighted by atomic mass is 16.6. The van der Waals surface area contributed by atoms with Crippen LogP contribution < -0.4 is 9.64 Å². The van der Waals surface area contributed by atoms with E-state index >= 15 is 0 Å². The number of unbranched alkanes of at least 4 members (excludes halogenated alkanes) is 1. The first-order valence-electron chi connectivity index (χ1n) is 6.52. The fourth-order valence-electron chi connectivity index (χ4n) is 1.88. The number of carbonyl (C=O) groups is 2. The predicted molar refractivity (Wildman–Crippen MR) is 75.1 cm³/mol. The Bertz CT molecular complexity index is 606. The monoisotopic (exact) mass is 290 g/mol. The van der Waals surface area contributed by atoms with E-state index in [9.17, 15) is 19.7 Å². The normalized spacial score (nSPS) is 13.9. The molecule has 0 saturated carbocycles. The molecular formula is C14H14N2O5. The minimum absolute atomic E-state index is 0.0975. The first kappa shape index (κ1) is 14.7. The van der Waals surface area contributed by atoms with Crippen molar-refractivity contribution in [3.8, 4) is 5.75 Å². The molecule has 0 radical (unpaired) electrons. The molecule has 0 aliphatic carbocycles. The molecule has 0 bridgehead atoms. The maximum Gasteiger partial charge on any atom is 0.271 e. The van der Waals surface area contributed by atoms with Crippen molar-refractivity contribution in [2.24, 2.45) is 0 Å². The number of nitro benzene ring substituents is 1. The Balaban J connectivity index is 2.38. The number of ether oxygens (including phenoxy) is 1. The van der Waals surface area contributed by atoms with E-state index in [4.69, 9.17) is 4.74 Å². The smallest absolute Gasteiger partial charge is 0.271 e. The van der Waals surface area contributed by atoms with Crippen LogP contribution in [0.3, 0.4) is 0 Å². The van der Waals surface area contributed by atoms with E-state index in [1.807, 2.05) is 6.92 Å². The van der Waals surface area contributed by atoms with Gasteiger partial charge < -0.3 is 4.74 Å². The van der Waals surface area contributed by atoms with Crippen LogP contribution in [0.2, 0.25) is 0 Å². The van der Waals surface area contributed by atoms with Crippen LogP contribution >= 0.6 is 0 Å². The highest BCUT2D eigenvalue weighted by Crippen LogP contribution is 2.34. The van der Waals surface area contributed by atoms with E-state index in [1.54, 1.807) is 0 Å². The largest absolute Gasteiger partial charge is 0.491 e. The summed E-state index contributed by atoms with van der Waals surface area (Å²) in [5.74, 6) is -0.805. The highest BCUT2D eigenvalue weighted by Gasteiger charge is 2.29. The number of carbonyl (C=O) groups excluding carboxylic acids is 2. The van der Waals surface area contributed by atoms with Gasteiger partial charge in [0.1, 0.15) is 11.4 Å². The Morgan fingerprint density at radius 3 is 2.48 bits per heavy atom. The molecule has 21 heavy (non-hydrogen) atoms. The number of nitrogens with zero attached hydrogens (tertiary/aromatic N) is 2. The SMILES string of the molecule is CCCCOc1ccc([N+](=O)[O-])cc1N1C(=O)C=CC1=O. The van der Waals surface area contributed by atoms with Crippen molar-refractivity contribution in [3.63, 3.8) is 0 Å². The molecule has 7 heteroatoms. The molecule has 1 aromatic rings. The van der Waals surface area contributed by atoms with Gasteiger partial charge in [-0.05, 0) is 12.5 Å². The summed E-state index contributed by atoms with van der Waals surface area (Å²) < 4.78 is 5.52. The molecule has 0 fully saturated rings. The van der Waals surface area contributed by atoms with Crippen molar-refractivity contribution in [2.45, 2.75) is 19.8 Å². The molecule has 110 valence electrons. The molecule has 0 saturated heterocycles. The third kappa shape index (κ3) is 3.07. The lowest BCUT2D eigenvalue weighted by Crippen LogP contribution is -2.30. The zero-order chi connectivity index (χ0) is 15.4. The van der Waals surface area contributed by atoms with E-state index in [-0.39, 0.29) is 17.1 Å². The topological polar surface area (TPSA) is 89.8 Å². The fraction of sp³-hybridized carbons (Fsp3) is 0.286. The Hall–Kier alpha value is -2.70. The van der Waals surface area contributed by atoms with Crippen LogP contribution in [0.5, 0.6) is 5.75 Å². The Kier molecular flexibility index (Phi) is 4.32. The second-order valence-electron chi connectivity index (χ2n) is 4.46. The van der Waals surface area contributed by atoms with E-state index < -0.39 is 16.7 Å². The molecule has 0 aromatic heterocycles. The van der Waals surface area contributed by atoms with Crippen molar-refractivity contribution in [2.75, 3.05) is 11.5 Å². The number of non-ortho nitro benzene ring substituents is 1. The van der Waals surface area contributed by atoms with Crippen LogP contribution in [0.15, 0.2) is 30.4 Å². The van der Waals surface area contributed by atoms with Crippen LogP contribution in [0.25, 0.3) is 0 Å². The second-order valence-corrected chi connectivity index (χ2v) is 4.46. The average Bonchev–Trinajstić information content (AvgIpc) is 2.78. The number of rotatable bonds is 6. The molecule has 0 spiro atoms. The van der Waals surface area contributed by atoms with Crippen LogP contribution in [0, 0.1) is 10.1 Å². The fourth-order valence-corrected chi connectivity index (χ4v) is 1.88. The molecule has 1 aromatic carbocycles. The first-order chi connectivity index (χ1) is 10.0. The molecule has 2 rings (SSSR count). The van der Waals surface area contributed by atoms with Gasteiger partial charge in [-0.3, -0.25) is 19.7 Å². The van der Waals surface area contributed by atoms with Gasteiger partial charge in [0.2, 0.25) is 0 Å². The number of anilines is 1. The summed E-state index contributed by atoms with van der Waals surface area (Å²) in [4.78, 5) is 34.6. The first-order valence-corrected chi connectivity index (χ1v) is 6.52. The number of hydrogen-bond acceptors (Lipinski definition) is 5. The Labute approximate surface area is 121 Å². The zero-order valence-electron chi connectivity index (χ0n) is 11.4. The third-order valence-corrected chi connectivity index (χ3v) is 2.96. The summed E-state index contributed by atoms with van der Waals surface area (Å²) in [6.07, 6.45) is 3.97. The molecule has 0 unspecified atom stereocenters. The molecule has 1 aliphatic rings. The predicted octanol–water partition coefficient (Wildman–Crippen LogP) is 2.20. The summed E-state index contributed by atoms with van der Waals surface area (Å²) in [5.41, 5.74) is -0.111. The lowest BCUT2D eigenvalue weighted by atomic mass is 10.2. The van der Waals surface area contributed by atoms with Gasteiger partial charge in [-0.1, -0.05) is 13.3 Å². The van der Waals surface area contributed by atoms with Crippen molar-refractivity contribution in [1.29, 1.82) is 0 Å². The van der Waals surface area contributed by atoms with Crippen molar-refractivity contribution >= 4 is 23.2 Å². The maximum absolute atomic E-state index is 11.7. The molecular weight excluding hydrogens is 276 g/mol. The summed E-state index contributed by atoms with van der Waals surface area (Å²) in [6.45, 7) is 2.41. The van der Waals surface area contributed by atoms with Crippen LogP contribution in [-0.4, -0.2) is 23.3 Å². The van der Waals surface area contributed by atoms with Gasteiger partial charge in [0.25, 0.3) is 17.5 Å². The van der Waals surface area contributed by atoms with Crippen molar-refractivity contribution in [1.82, 2.24) is 0 Å². The quantitative estimate of drug-likeness (QED) is 0.347. The zero-order valence-corrected chi connectivity index (χ0v) is 11.4. The van der Waals surface area contributed by atoms with Gasteiger partial charge in [-0.15, -0.1) is 0 Å². The van der Waals surface area contributed by atoms with E-state index in [0.717, 1.165) is 29.9 Å². The van der Waals surface area contributed by atoms with E-state index in [2.05, 4.69) is 0 Å². The summed E-state index contributed by atoms with van der Waals surface area (Å²) in [5, 5.41) is 10.9. The maximum atomic E-state index is 11.7. The number of hydrogen-bond donors (Lipinski definition) is 0. The van der Waals surface area contributed by atoms with Crippen LogP contribution in [0.1, 0.15) is 19.8 Å². The number of amides is 2. The van der Waals surface area contributed by atoms with E-state index in [1.165, 1.54) is 18.2 Å². The van der Waals surface area contributed by atoms with Gasteiger partial charge in [-0.25, -0.2) is 4.90 Å². The minimum atomic E-state index is -0.586. The molecule has 2 amide bonds. The summed E-state index contributed by atoms with van der Waals surface area (Å²) in [6, 6.07) is 3.86. The van der Waals surface area contributed by atoms with Crippen LogP contribution in [-0.2, 0) is 9.59 Å². The molecule has 1 aliphatic heterocycles. The van der Waals surface area contributed by atoms with Gasteiger partial charge in [0.05, 0.1) is 11.5 Å². The third-order valence-electron chi connectivity index (χ3n) is 2.96. The van der Waals surface area contributed by atoms with Gasteiger partial charge in [-0.2, -0.15) is 0 Å². The van der Waals surface area contributed by atoms with Gasteiger partial charge >= 0.3 is 0 Å². The van der Waals surface area contributed by atoms with Crippen molar-refractivity contribution in [3.05, 3.63) is 40.5 Å². The summed E-state index contributed by atoms with van der Waals surface area (Å²) in [7, 11) is 0. The second kappa shape index (κ2) is 6.17. The van der Waals surface area contributed by atoms with E-state index in [0.29, 0.717) is 6.61 Å². The van der Waals surface area contributed by atoms with Crippen molar-refractivity contribution < 1.29 is 19.2 Å². The molecule has 1 heterocycles. The number of nitro groups is 1. The lowest BCUT2D eigenvalue weighted by molar-refractivity contribution is -0.384. The standard InChI is InChI=1S/C14H14N2O5/c1-2-3-8-21-12-5-4-10(16(19)20)9-11(12)15-13(17)6-7-14(15)18/h4-7,9H,2-3,8H2,1H3. The molecule has 0 N–H and O–H groups in total. The number of imide groups is 1. The summed E-state index contributed by atoms with van der Waals surface area (Å²) >= 11 is 0. The highest BCUT2D eigenvalue weighted by molar-refractivity contribution is 6.28. The average molecular weight is 290 g/mol. The number of benzene rings is 1. The van der Waals surface area contributed by atoms with Gasteiger partial charge in [0.15, 0.2) is 0 Å². The minimum Gasteiger partial charge on any atom is -0.491 e. The Morgan fingerprint density at radius 1 is 1.24 bits per heavy atom. The molecule has 0 atom stereocenters. The lowest BCUT2D eigenvalue weighted by Gasteiger charge is -2.18. The van der Waals surface area contributed by atoms with Crippen LogP contribution in [0.4, 0.5) is 11.4 Å².